The second-order valence-electron chi connectivity index (χ2n) is 7.98. The SMILES string of the molecule is C=C(CN(C(=O)c1c(C(F)F)nn(C)c1F)C1CC1)c1ccc(C#CC2CC2)cc1Cl. The predicted molar refractivity (Wildman–Crippen MR) is 112 cm³/mol. The van der Waals surface area contributed by atoms with E-state index in [0.717, 1.165) is 18.4 Å². The van der Waals surface area contributed by atoms with Gasteiger partial charge in [0.1, 0.15) is 11.3 Å². The molecular weight excluding hydrogens is 427 g/mol. The van der Waals surface area contributed by atoms with Crippen molar-refractivity contribution in [2.24, 2.45) is 13.0 Å². The standard InChI is InChI=1S/C23H21ClF3N3O/c1-13(17-10-7-15(11-18(17)24)6-5-14-3-4-14)12-30(16-8-9-16)23(31)19-20(21(25)26)28-29(2)22(19)27/h7,10-11,14,16,21H,1,3-4,8-9,12H2,2H3. The summed E-state index contributed by atoms with van der Waals surface area (Å²) < 4.78 is 41.8. The number of benzene rings is 1. The zero-order valence-electron chi connectivity index (χ0n) is 17.0. The van der Waals surface area contributed by atoms with E-state index < -0.39 is 29.5 Å². The Labute approximate surface area is 183 Å². The van der Waals surface area contributed by atoms with Gasteiger partial charge in [0, 0.05) is 36.1 Å². The Morgan fingerprint density at radius 3 is 2.65 bits per heavy atom. The van der Waals surface area contributed by atoms with Crippen molar-refractivity contribution in [1.82, 2.24) is 14.7 Å². The lowest BCUT2D eigenvalue weighted by atomic mass is 10.0. The van der Waals surface area contributed by atoms with Crippen molar-refractivity contribution in [3.05, 3.63) is 58.1 Å². The van der Waals surface area contributed by atoms with Crippen molar-refractivity contribution in [3.63, 3.8) is 0 Å². The van der Waals surface area contributed by atoms with Crippen LogP contribution in [0.4, 0.5) is 13.2 Å². The molecule has 0 bridgehead atoms. The largest absolute Gasteiger partial charge is 0.331 e. The molecule has 0 N–H and O–H groups in total. The summed E-state index contributed by atoms with van der Waals surface area (Å²) in [7, 11) is 1.19. The fraction of sp³-hybridized carbons (Fsp3) is 0.391. The number of aryl methyl sites for hydroxylation is 1. The van der Waals surface area contributed by atoms with Gasteiger partial charge in [-0.3, -0.25) is 4.79 Å². The number of rotatable bonds is 6. The molecule has 0 atom stereocenters. The van der Waals surface area contributed by atoms with Crippen molar-refractivity contribution < 1.29 is 18.0 Å². The lowest BCUT2D eigenvalue weighted by molar-refractivity contribution is 0.0747. The number of halogens is 4. The number of carbonyl (C=O) groups is 1. The summed E-state index contributed by atoms with van der Waals surface area (Å²) in [6.07, 6.45) is 0.636. The first-order chi connectivity index (χ1) is 14.8. The molecule has 1 heterocycles. The summed E-state index contributed by atoms with van der Waals surface area (Å²) in [6, 6.07) is 5.21. The summed E-state index contributed by atoms with van der Waals surface area (Å²) in [4.78, 5) is 14.4. The minimum atomic E-state index is -3.06. The Morgan fingerprint density at radius 2 is 2.06 bits per heavy atom. The highest BCUT2D eigenvalue weighted by Gasteiger charge is 2.38. The van der Waals surface area contributed by atoms with Crippen LogP contribution in [0.15, 0.2) is 24.8 Å². The van der Waals surface area contributed by atoms with Crippen LogP contribution < -0.4 is 0 Å². The molecule has 0 radical (unpaired) electrons. The Kier molecular flexibility index (Phi) is 5.85. The Hall–Kier alpha value is -2.72. The number of hydrogen-bond donors (Lipinski definition) is 0. The molecule has 162 valence electrons. The third-order valence-electron chi connectivity index (χ3n) is 5.38. The molecule has 2 fully saturated rings. The van der Waals surface area contributed by atoms with Crippen LogP contribution in [0.2, 0.25) is 5.02 Å². The van der Waals surface area contributed by atoms with Gasteiger partial charge in [-0.15, -0.1) is 0 Å². The average molecular weight is 448 g/mol. The van der Waals surface area contributed by atoms with Gasteiger partial charge in [0.25, 0.3) is 12.3 Å². The number of hydrogen-bond acceptors (Lipinski definition) is 2. The molecule has 0 spiro atoms. The van der Waals surface area contributed by atoms with Crippen molar-refractivity contribution >= 4 is 23.1 Å². The molecule has 1 aromatic carbocycles. The first-order valence-corrected chi connectivity index (χ1v) is 10.4. The normalized spacial score (nSPS) is 15.5. The van der Waals surface area contributed by atoms with Gasteiger partial charge in [-0.1, -0.05) is 36.1 Å². The number of aromatic nitrogens is 2. The number of amides is 1. The van der Waals surface area contributed by atoms with Crippen molar-refractivity contribution in [3.8, 4) is 11.8 Å². The zero-order chi connectivity index (χ0) is 22.3. The molecule has 2 aliphatic carbocycles. The van der Waals surface area contributed by atoms with Crippen LogP contribution in [-0.4, -0.2) is 33.2 Å². The molecule has 4 rings (SSSR count). The van der Waals surface area contributed by atoms with Gasteiger partial charge in [0.05, 0.1) is 0 Å². The highest BCUT2D eigenvalue weighted by atomic mass is 35.5. The molecule has 1 aromatic heterocycles. The van der Waals surface area contributed by atoms with Gasteiger partial charge < -0.3 is 4.90 Å². The van der Waals surface area contributed by atoms with E-state index in [1.54, 1.807) is 12.1 Å². The van der Waals surface area contributed by atoms with Gasteiger partial charge in [-0.05, 0) is 49.0 Å². The first-order valence-electron chi connectivity index (χ1n) is 10.1. The minimum Gasteiger partial charge on any atom is -0.331 e. The quantitative estimate of drug-likeness (QED) is 0.569. The van der Waals surface area contributed by atoms with Gasteiger partial charge in [0.2, 0.25) is 5.95 Å². The van der Waals surface area contributed by atoms with Crippen molar-refractivity contribution in [1.29, 1.82) is 0 Å². The van der Waals surface area contributed by atoms with E-state index >= 15 is 0 Å². The minimum absolute atomic E-state index is 0.0489. The van der Waals surface area contributed by atoms with Gasteiger partial charge in [0.15, 0.2) is 0 Å². The molecule has 4 nitrogen and oxygen atoms in total. The third kappa shape index (κ3) is 4.64. The number of alkyl halides is 2. The molecule has 31 heavy (non-hydrogen) atoms. The number of nitrogens with zero attached hydrogens (tertiary/aromatic N) is 3. The molecule has 1 amide bonds. The molecule has 2 aromatic rings. The lowest BCUT2D eigenvalue weighted by Gasteiger charge is -2.24. The fourth-order valence-corrected chi connectivity index (χ4v) is 3.67. The van der Waals surface area contributed by atoms with E-state index in [9.17, 15) is 18.0 Å². The van der Waals surface area contributed by atoms with E-state index in [-0.39, 0.29) is 12.6 Å². The van der Waals surface area contributed by atoms with Crippen molar-refractivity contribution in [2.75, 3.05) is 6.54 Å². The van der Waals surface area contributed by atoms with Crippen LogP contribution >= 0.6 is 11.6 Å². The molecular formula is C23H21ClF3N3O. The molecule has 0 saturated heterocycles. The molecule has 2 aliphatic rings. The van der Waals surface area contributed by atoms with Gasteiger partial charge in [-0.25, -0.2) is 13.5 Å². The predicted octanol–water partition coefficient (Wildman–Crippen LogP) is 5.23. The zero-order valence-corrected chi connectivity index (χ0v) is 17.7. The van der Waals surface area contributed by atoms with Crippen LogP contribution in [0.3, 0.4) is 0 Å². The maximum atomic E-state index is 14.4. The maximum absolute atomic E-state index is 14.4. The van der Waals surface area contributed by atoms with Gasteiger partial charge in [-0.2, -0.15) is 9.49 Å². The average Bonchev–Trinajstić information content (AvgIpc) is 3.64. The van der Waals surface area contributed by atoms with E-state index in [1.165, 1.54) is 11.9 Å². The molecule has 8 heteroatoms. The highest BCUT2D eigenvalue weighted by molar-refractivity contribution is 6.32. The number of carbonyl (C=O) groups excluding carboxylic acids is 1. The third-order valence-corrected chi connectivity index (χ3v) is 5.70. The lowest BCUT2D eigenvalue weighted by Crippen LogP contribution is -2.35. The van der Waals surface area contributed by atoms with E-state index in [4.69, 9.17) is 11.6 Å². The first kappa shape index (κ1) is 21.5. The van der Waals surface area contributed by atoms with Gasteiger partial charge >= 0.3 is 0 Å². The molecule has 0 unspecified atom stereocenters. The summed E-state index contributed by atoms with van der Waals surface area (Å²) >= 11 is 6.42. The second-order valence-corrected chi connectivity index (χ2v) is 8.39. The molecule has 0 aliphatic heterocycles. The van der Waals surface area contributed by atoms with Crippen LogP contribution in [0.1, 0.15) is 59.3 Å². The van der Waals surface area contributed by atoms with Crippen LogP contribution in [0.5, 0.6) is 0 Å². The highest BCUT2D eigenvalue weighted by Crippen LogP contribution is 2.34. The summed E-state index contributed by atoms with van der Waals surface area (Å²) in [5, 5.41) is 3.92. The molecule has 2 saturated carbocycles. The fourth-order valence-electron chi connectivity index (χ4n) is 3.35. The Bertz CT molecular complexity index is 1110. The summed E-state index contributed by atoms with van der Waals surface area (Å²) in [5.41, 5.74) is 0.433. The summed E-state index contributed by atoms with van der Waals surface area (Å²) in [6.45, 7) is 4.08. The van der Waals surface area contributed by atoms with E-state index in [2.05, 4.69) is 23.5 Å². The Morgan fingerprint density at radius 1 is 1.35 bits per heavy atom. The van der Waals surface area contributed by atoms with Crippen LogP contribution in [0.25, 0.3) is 5.57 Å². The smallest absolute Gasteiger partial charge is 0.283 e. The van der Waals surface area contributed by atoms with E-state index in [0.29, 0.717) is 39.6 Å². The van der Waals surface area contributed by atoms with Crippen LogP contribution in [0, 0.1) is 23.7 Å². The van der Waals surface area contributed by atoms with E-state index in [1.807, 2.05) is 6.07 Å². The topological polar surface area (TPSA) is 38.1 Å². The van der Waals surface area contributed by atoms with Crippen molar-refractivity contribution in [2.45, 2.75) is 38.2 Å². The monoisotopic (exact) mass is 447 g/mol. The second kappa shape index (κ2) is 8.43. The summed E-state index contributed by atoms with van der Waals surface area (Å²) in [5.74, 6) is 4.85. The Balaban J connectivity index is 1.56. The van der Waals surface area contributed by atoms with Crippen LogP contribution in [-0.2, 0) is 7.05 Å². The maximum Gasteiger partial charge on any atom is 0.283 e.